The number of hydrogen-bond acceptors (Lipinski definition) is 2. The Kier molecular flexibility index (Phi) is 5.75. The Bertz CT molecular complexity index is 499. The van der Waals surface area contributed by atoms with Gasteiger partial charge in [0.25, 0.3) is 0 Å². The van der Waals surface area contributed by atoms with Crippen molar-refractivity contribution in [1.29, 1.82) is 0 Å². The van der Waals surface area contributed by atoms with Crippen LogP contribution in [0.2, 0.25) is 0 Å². The zero-order valence-corrected chi connectivity index (χ0v) is 12.9. The van der Waals surface area contributed by atoms with Crippen LogP contribution in [0.15, 0.2) is 27.6 Å². The van der Waals surface area contributed by atoms with Crippen LogP contribution in [-0.2, 0) is 10.0 Å². The summed E-state index contributed by atoms with van der Waals surface area (Å²) in [5.74, 6) is -0.721. The van der Waals surface area contributed by atoms with Crippen molar-refractivity contribution in [2.45, 2.75) is 31.6 Å². The Morgan fingerprint density at radius 3 is 2.22 bits per heavy atom. The highest BCUT2D eigenvalue weighted by atomic mass is 79.9. The van der Waals surface area contributed by atoms with Gasteiger partial charge in [-0.2, -0.15) is 4.31 Å². The first kappa shape index (κ1) is 15.6. The molecule has 0 aliphatic carbocycles. The van der Waals surface area contributed by atoms with Gasteiger partial charge in [-0.25, -0.2) is 12.8 Å². The minimum absolute atomic E-state index is 0.257. The van der Waals surface area contributed by atoms with Crippen LogP contribution in [0.5, 0.6) is 0 Å². The number of benzene rings is 1. The Labute approximate surface area is 116 Å². The molecule has 18 heavy (non-hydrogen) atoms. The Balaban J connectivity index is 3.17. The van der Waals surface area contributed by atoms with Gasteiger partial charge in [0.05, 0.1) is 0 Å². The van der Waals surface area contributed by atoms with Gasteiger partial charge in [0.2, 0.25) is 10.0 Å². The lowest BCUT2D eigenvalue weighted by Gasteiger charge is -2.21. The highest BCUT2D eigenvalue weighted by Crippen LogP contribution is 2.23. The predicted octanol–water partition coefficient (Wildman–Crippen LogP) is 3.40. The minimum Gasteiger partial charge on any atom is -0.207 e. The molecule has 0 saturated carbocycles. The molecule has 0 N–H and O–H groups in total. The van der Waals surface area contributed by atoms with E-state index in [2.05, 4.69) is 15.9 Å². The lowest BCUT2D eigenvalue weighted by molar-refractivity contribution is 0.406. The molecule has 0 radical (unpaired) electrons. The maximum Gasteiger partial charge on any atom is 0.245 e. The lowest BCUT2D eigenvalue weighted by Crippen LogP contribution is -2.33. The van der Waals surface area contributed by atoms with Crippen molar-refractivity contribution in [3.63, 3.8) is 0 Å². The van der Waals surface area contributed by atoms with Crippen LogP contribution >= 0.6 is 15.9 Å². The number of nitrogens with zero attached hydrogens (tertiary/aromatic N) is 1. The molecule has 1 rings (SSSR count). The van der Waals surface area contributed by atoms with E-state index in [0.29, 0.717) is 30.4 Å². The third-order valence-corrected chi connectivity index (χ3v) is 4.88. The molecule has 102 valence electrons. The normalized spacial score (nSPS) is 12.1. The number of halogens is 2. The molecular formula is C12H17BrFNO2S. The number of hydrogen-bond donors (Lipinski definition) is 0. The average Bonchev–Trinajstić information content (AvgIpc) is 2.28. The van der Waals surface area contributed by atoms with Crippen molar-refractivity contribution < 1.29 is 12.8 Å². The van der Waals surface area contributed by atoms with Crippen molar-refractivity contribution in [1.82, 2.24) is 4.31 Å². The lowest BCUT2D eigenvalue weighted by atomic mass is 10.3. The van der Waals surface area contributed by atoms with Gasteiger partial charge in [-0.3, -0.25) is 0 Å². The quantitative estimate of drug-likeness (QED) is 0.797. The third kappa shape index (κ3) is 3.52. The molecule has 0 aromatic heterocycles. The third-order valence-electron chi connectivity index (χ3n) is 2.46. The molecule has 0 aliphatic rings. The molecule has 0 amide bonds. The largest absolute Gasteiger partial charge is 0.245 e. The molecule has 1 aromatic rings. The first-order valence-corrected chi connectivity index (χ1v) is 8.12. The van der Waals surface area contributed by atoms with E-state index in [1.54, 1.807) is 0 Å². The highest BCUT2D eigenvalue weighted by Gasteiger charge is 2.26. The van der Waals surface area contributed by atoms with Crippen LogP contribution in [-0.4, -0.2) is 25.8 Å². The fourth-order valence-electron chi connectivity index (χ4n) is 1.67. The SMILES string of the molecule is CCCN(CCC)S(=O)(=O)c1ccc(Br)cc1F. The van der Waals surface area contributed by atoms with Crippen molar-refractivity contribution >= 4 is 26.0 Å². The van der Waals surface area contributed by atoms with Gasteiger partial charge < -0.3 is 0 Å². The van der Waals surface area contributed by atoms with Crippen molar-refractivity contribution in [3.05, 3.63) is 28.5 Å². The second-order valence-electron chi connectivity index (χ2n) is 3.98. The highest BCUT2D eigenvalue weighted by molar-refractivity contribution is 9.10. The van der Waals surface area contributed by atoms with E-state index in [1.807, 2.05) is 13.8 Å². The molecule has 3 nitrogen and oxygen atoms in total. The Morgan fingerprint density at radius 1 is 1.22 bits per heavy atom. The summed E-state index contributed by atoms with van der Waals surface area (Å²) in [6, 6.07) is 4.00. The second-order valence-corrected chi connectivity index (χ2v) is 6.80. The zero-order valence-electron chi connectivity index (χ0n) is 10.5. The van der Waals surface area contributed by atoms with E-state index in [0.717, 1.165) is 0 Å². The van der Waals surface area contributed by atoms with E-state index < -0.39 is 15.8 Å². The van der Waals surface area contributed by atoms with Crippen molar-refractivity contribution in [3.8, 4) is 0 Å². The van der Waals surface area contributed by atoms with Crippen molar-refractivity contribution in [2.75, 3.05) is 13.1 Å². The van der Waals surface area contributed by atoms with E-state index >= 15 is 0 Å². The minimum atomic E-state index is -3.74. The summed E-state index contributed by atoms with van der Waals surface area (Å²) in [6.45, 7) is 4.61. The first-order chi connectivity index (χ1) is 8.43. The first-order valence-electron chi connectivity index (χ1n) is 5.88. The van der Waals surface area contributed by atoms with E-state index in [9.17, 15) is 12.8 Å². The molecule has 0 fully saturated rings. The summed E-state index contributed by atoms with van der Waals surface area (Å²) in [4.78, 5) is -0.257. The van der Waals surface area contributed by atoms with Gasteiger partial charge in [0, 0.05) is 17.6 Å². The molecule has 0 spiro atoms. The van der Waals surface area contributed by atoms with Crippen LogP contribution in [0.4, 0.5) is 4.39 Å². The number of sulfonamides is 1. The van der Waals surface area contributed by atoms with Gasteiger partial charge >= 0.3 is 0 Å². The summed E-state index contributed by atoms with van der Waals surface area (Å²) in [5, 5.41) is 0. The number of rotatable bonds is 6. The van der Waals surface area contributed by atoms with Gasteiger partial charge in [0.1, 0.15) is 10.7 Å². The average molecular weight is 338 g/mol. The maximum atomic E-state index is 13.8. The molecule has 0 atom stereocenters. The molecule has 0 unspecified atom stereocenters. The summed E-state index contributed by atoms with van der Waals surface area (Å²) in [5.41, 5.74) is 0. The van der Waals surface area contributed by atoms with Crippen LogP contribution in [0.1, 0.15) is 26.7 Å². The molecule has 0 bridgehead atoms. The topological polar surface area (TPSA) is 37.4 Å². The van der Waals surface area contributed by atoms with Crippen molar-refractivity contribution in [2.24, 2.45) is 0 Å². The monoisotopic (exact) mass is 337 g/mol. The van der Waals surface area contributed by atoms with E-state index in [1.165, 1.54) is 22.5 Å². The van der Waals surface area contributed by atoms with E-state index in [4.69, 9.17) is 0 Å². The standard InChI is InChI=1S/C12H17BrFNO2S/c1-3-7-15(8-4-2)18(16,17)12-6-5-10(13)9-11(12)14/h5-6,9H,3-4,7-8H2,1-2H3. The Morgan fingerprint density at radius 2 is 1.78 bits per heavy atom. The van der Waals surface area contributed by atoms with E-state index in [-0.39, 0.29) is 4.90 Å². The Hall–Kier alpha value is -0.460. The van der Waals surface area contributed by atoms with Gasteiger partial charge in [-0.05, 0) is 31.0 Å². The summed E-state index contributed by atoms with van der Waals surface area (Å²) < 4.78 is 40.2. The van der Waals surface area contributed by atoms with Gasteiger partial charge in [0.15, 0.2) is 0 Å². The molecule has 0 aliphatic heterocycles. The molecule has 0 saturated heterocycles. The van der Waals surface area contributed by atoms with Crippen LogP contribution in [0, 0.1) is 5.82 Å². The molecular weight excluding hydrogens is 321 g/mol. The van der Waals surface area contributed by atoms with Gasteiger partial charge in [-0.1, -0.05) is 29.8 Å². The van der Waals surface area contributed by atoms with Gasteiger partial charge in [-0.15, -0.1) is 0 Å². The fourth-order valence-corrected chi connectivity index (χ4v) is 3.68. The maximum absolute atomic E-state index is 13.8. The molecule has 6 heteroatoms. The smallest absolute Gasteiger partial charge is 0.207 e. The zero-order chi connectivity index (χ0) is 13.8. The summed E-state index contributed by atoms with van der Waals surface area (Å²) in [7, 11) is -3.74. The van der Waals surface area contributed by atoms with Crippen LogP contribution < -0.4 is 0 Å². The van der Waals surface area contributed by atoms with Crippen LogP contribution in [0.25, 0.3) is 0 Å². The molecule has 0 heterocycles. The predicted molar refractivity (Wildman–Crippen MR) is 73.4 cm³/mol. The van der Waals surface area contributed by atoms with Crippen LogP contribution in [0.3, 0.4) is 0 Å². The second kappa shape index (κ2) is 6.63. The fraction of sp³-hybridized carbons (Fsp3) is 0.500. The summed E-state index contributed by atoms with van der Waals surface area (Å²) in [6.07, 6.45) is 1.41. The summed E-state index contributed by atoms with van der Waals surface area (Å²) >= 11 is 3.11. The molecule has 1 aromatic carbocycles.